The SMILES string of the molecule is c1ccc2c(c1)ccc1c2c2cc3sc4ccccc4c3cc2n2cc3ccccc3c12. The minimum absolute atomic E-state index is 1.27. The lowest BCUT2D eigenvalue weighted by Gasteiger charge is -2.13. The molecule has 0 radical (unpaired) electrons. The number of fused-ring (bicyclic) bond motifs is 13. The van der Waals surface area contributed by atoms with Crippen molar-refractivity contribution in [3.05, 3.63) is 103 Å². The van der Waals surface area contributed by atoms with Crippen molar-refractivity contribution in [1.29, 1.82) is 0 Å². The third-order valence-electron chi connectivity index (χ3n) is 6.93. The molecule has 0 aliphatic rings. The first-order chi connectivity index (χ1) is 15.9. The molecule has 3 aromatic heterocycles. The molecule has 1 nitrogen and oxygen atoms in total. The van der Waals surface area contributed by atoms with Crippen molar-refractivity contribution in [3.63, 3.8) is 0 Å². The molecule has 0 N–H and O–H groups in total. The van der Waals surface area contributed by atoms with Crippen LogP contribution in [0.25, 0.3) is 68.9 Å². The molecule has 0 spiro atoms. The van der Waals surface area contributed by atoms with Crippen LogP contribution in [-0.2, 0) is 0 Å². The Morgan fingerprint density at radius 3 is 2.16 bits per heavy atom. The third kappa shape index (κ3) is 2.03. The van der Waals surface area contributed by atoms with Gasteiger partial charge in [0.2, 0.25) is 0 Å². The zero-order valence-electron chi connectivity index (χ0n) is 17.2. The van der Waals surface area contributed by atoms with E-state index in [0.29, 0.717) is 0 Å². The monoisotopic (exact) mass is 423 g/mol. The molecule has 0 saturated heterocycles. The Morgan fingerprint density at radius 1 is 0.500 bits per heavy atom. The minimum Gasteiger partial charge on any atom is -0.315 e. The van der Waals surface area contributed by atoms with E-state index in [1.165, 1.54) is 68.9 Å². The van der Waals surface area contributed by atoms with Crippen LogP contribution in [0.3, 0.4) is 0 Å². The summed E-state index contributed by atoms with van der Waals surface area (Å²) in [6, 6.07) is 35.7. The third-order valence-corrected chi connectivity index (χ3v) is 8.07. The van der Waals surface area contributed by atoms with Gasteiger partial charge in [-0.25, -0.2) is 0 Å². The molecular formula is C30H17NS. The molecule has 0 aliphatic carbocycles. The van der Waals surface area contributed by atoms with E-state index in [4.69, 9.17) is 0 Å². The van der Waals surface area contributed by atoms with E-state index >= 15 is 0 Å². The minimum atomic E-state index is 1.27. The van der Waals surface area contributed by atoms with E-state index < -0.39 is 0 Å². The average molecular weight is 424 g/mol. The second-order valence-electron chi connectivity index (χ2n) is 8.61. The molecule has 32 heavy (non-hydrogen) atoms. The van der Waals surface area contributed by atoms with Crippen molar-refractivity contribution in [2.45, 2.75) is 0 Å². The molecule has 0 saturated carbocycles. The predicted molar refractivity (Wildman–Crippen MR) is 140 cm³/mol. The molecule has 148 valence electrons. The molecule has 0 aliphatic heterocycles. The van der Waals surface area contributed by atoms with Gasteiger partial charge in [-0.05, 0) is 29.0 Å². The van der Waals surface area contributed by atoms with E-state index in [2.05, 4.69) is 108 Å². The van der Waals surface area contributed by atoms with Gasteiger partial charge in [0.25, 0.3) is 0 Å². The Labute approximate surface area is 187 Å². The number of aromatic nitrogens is 1. The summed E-state index contributed by atoms with van der Waals surface area (Å²) in [5, 5.41) is 11.9. The van der Waals surface area contributed by atoms with Crippen molar-refractivity contribution in [2.75, 3.05) is 0 Å². The zero-order valence-corrected chi connectivity index (χ0v) is 18.0. The van der Waals surface area contributed by atoms with E-state index in [1.807, 2.05) is 11.3 Å². The lowest BCUT2D eigenvalue weighted by Crippen LogP contribution is -1.91. The van der Waals surface area contributed by atoms with Crippen molar-refractivity contribution in [1.82, 2.24) is 4.40 Å². The average Bonchev–Trinajstić information content (AvgIpc) is 3.41. The van der Waals surface area contributed by atoms with Crippen LogP contribution >= 0.6 is 11.3 Å². The van der Waals surface area contributed by atoms with Gasteiger partial charge in [0.15, 0.2) is 0 Å². The molecule has 0 atom stereocenters. The van der Waals surface area contributed by atoms with Crippen LogP contribution in [0.1, 0.15) is 0 Å². The molecular weight excluding hydrogens is 406 g/mol. The molecule has 0 bridgehead atoms. The maximum atomic E-state index is 2.42. The van der Waals surface area contributed by atoms with Crippen LogP contribution in [0.4, 0.5) is 0 Å². The smallest absolute Gasteiger partial charge is 0.0613 e. The molecule has 3 heterocycles. The van der Waals surface area contributed by atoms with Crippen LogP contribution < -0.4 is 0 Å². The van der Waals surface area contributed by atoms with Crippen molar-refractivity contribution >= 4 is 80.2 Å². The number of thiophene rings is 1. The quantitative estimate of drug-likeness (QED) is 0.214. The van der Waals surface area contributed by atoms with Gasteiger partial charge in [0.1, 0.15) is 0 Å². The van der Waals surface area contributed by atoms with Crippen molar-refractivity contribution in [3.8, 4) is 0 Å². The fourth-order valence-electron chi connectivity index (χ4n) is 5.54. The largest absolute Gasteiger partial charge is 0.315 e. The zero-order chi connectivity index (χ0) is 20.8. The van der Waals surface area contributed by atoms with Crippen LogP contribution in [0.2, 0.25) is 0 Å². The molecule has 5 aromatic carbocycles. The second kappa shape index (κ2) is 5.87. The summed E-state index contributed by atoms with van der Waals surface area (Å²) in [4.78, 5) is 0. The highest BCUT2D eigenvalue weighted by molar-refractivity contribution is 7.25. The normalized spacial score (nSPS) is 12.4. The number of nitrogens with zero attached hydrogens (tertiary/aromatic N) is 1. The lowest BCUT2D eigenvalue weighted by atomic mass is 9.96. The van der Waals surface area contributed by atoms with Gasteiger partial charge < -0.3 is 4.40 Å². The van der Waals surface area contributed by atoms with Crippen molar-refractivity contribution in [2.24, 2.45) is 0 Å². The Kier molecular flexibility index (Phi) is 3.08. The first-order valence-corrected chi connectivity index (χ1v) is 11.8. The summed E-state index contributed by atoms with van der Waals surface area (Å²) >= 11 is 1.89. The molecule has 0 amide bonds. The van der Waals surface area contributed by atoms with Crippen LogP contribution in [0, 0.1) is 0 Å². The van der Waals surface area contributed by atoms with E-state index in [-0.39, 0.29) is 0 Å². The maximum absolute atomic E-state index is 2.42. The van der Waals surface area contributed by atoms with Gasteiger partial charge in [-0.2, -0.15) is 0 Å². The predicted octanol–water partition coefficient (Wildman–Crippen LogP) is 8.92. The first-order valence-electron chi connectivity index (χ1n) is 10.9. The Balaban J connectivity index is 1.75. The Hall–Kier alpha value is -3.88. The van der Waals surface area contributed by atoms with Crippen LogP contribution in [-0.4, -0.2) is 4.40 Å². The Bertz CT molecular complexity index is 2040. The van der Waals surface area contributed by atoms with Crippen LogP contribution in [0.15, 0.2) is 103 Å². The number of rotatable bonds is 0. The number of hydrogen-bond donors (Lipinski definition) is 0. The highest BCUT2D eigenvalue weighted by Crippen LogP contribution is 2.42. The lowest BCUT2D eigenvalue weighted by molar-refractivity contribution is 1.30. The fraction of sp³-hybridized carbons (Fsp3) is 0. The van der Waals surface area contributed by atoms with Gasteiger partial charge in [-0.3, -0.25) is 0 Å². The highest BCUT2D eigenvalue weighted by atomic mass is 32.1. The second-order valence-corrected chi connectivity index (χ2v) is 9.69. The first kappa shape index (κ1) is 16.8. The van der Waals surface area contributed by atoms with Gasteiger partial charge in [0.05, 0.1) is 11.0 Å². The number of benzene rings is 5. The Morgan fingerprint density at radius 2 is 1.25 bits per heavy atom. The van der Waals surface area contributed by atoms with Gasteiger partial charge in [-0.1, -0.05) is 78.9 Å². The molecule has 8 aromatic rings. The van der Waals surface area contributed by atoms with Crippen LogP contribution in [0.5, 0.6) is 0 Å². The summed E-state index contributed by atoms with van der Waals surface area (Å²) in [7, 11) is 0. The van der Waals surface area contributed by atoms with Gasteiger partial charge in [0, 0.05) is 53.3 Å². The van der Waals surface area contributed by atoms with E-state index in [1.54, 1.807) is 0 Å². The molecule has 0 unspecified atom stereocenters. The molecule has 2 heteroatoms. The number of pyridine rings is 1. The van der Waals surface area contributed by atoms with Gasteiger partial charge >= 0.3 is 0 Å². The fourth-order valence-corrected chi connectivity index (χ4v) is 6.67. The summed E-state index contributed by atoms with van der Waals surface area (Å²) in [5.74, 6) is 0. The number of hydrogen-bond acceptors (Lipinski definition) is 1. The van der Waals surface area contributed by atoms with Gasteiger partial charge in [-0.15, -0.1) is 11.3 Å². The summed E-state index contributed by atoms with van der Waals surface area (Å²) in [6.07, 6.45) is 2.31. The topological polar surface area (TPSA) is 4.41 Å². The summed E-state index contributed by atoms with van der Waals surface area (Å²) in [6.45, 7) is 0. The summed E-state index contributed by atoms with van der Waals surface area (Å²) in [5.41, 5.74) is 2.57. The summed E-state index contributed by atoms with van der Waals surface area (Å²) < 4.78 is 5.12. The highest BCUT2D eigenvalue weighted by Gasteiger charge is 2.16. The maximum Gasteiger partial charge on any atom is 0.0613 e. The van der Waals surface area contributed by atoms with E-state index in [9.17, 15) is 0 Å². The molecule has 0 fully saturated rings. The standard InChI is InChI=1S/C30H17NS/c1-3-9-20-18(7-1)13-14-23-29(20)25-16-28-24(22-11-5-6-12-27(22)32-28)15-26(25)31-17-19-8-2-4-10-21(19)30(23)31/h1-17H. The van der Waals surface area contributed by atoms with E-state index in [0.717, 1.165) is 0 Å². The van der Waals surface area contributed by atoms with Crippen molar-refractivity contribution < 1.29 is 0 Å². The molecule has 8 rings (SSSR count).